The number of aromatic hydroxyl groups is 1. The highest BCUT2D eigenvalue weighted by atomic mass is 19.1. The first-order valence-corrected chi connectivity index (χ1v) is 4.71. The van der Waals surface area contributed by atoms with Crippen LogP contribution in [0.5, 0.6) is 5.88 Å². The molecule has 0 amide bonds. The van der Waals surface area contributed by atoms with E-state index in [0.717, 1.165) is 4.57 Å². The van der Waals surface area contributed by atoms with Crippen LogP contribution in [0, 0.1) is 5.82 Å². The van der Waals surface area contributed by atoms with Gasteiger partial charge in [0, 0.05) is 19.8 Å². The van der Waals surface area contributed by atoms with Gasteiger partial charge < -0.3 is 9.84 Å². The van der Waals surface area contributed by atoms with E-state index in [2.05, 4.69) is 0 Å². The van der Waals surface area contributed by atoms with Crippen LogP contribution >= 0.6 is 0 Å². The zero-order chi connectivity index (χ0) is 12.3. The molecule has 6 nitrogen and oxygen atoms in total. The van der Waals surface area contributed by atoms with Gasteiger partial charge >= 0.3 is 5.69 Å². The molecule has 90 valence electrons. The van der Waals surface area contributed by atoms with Crippen molar-refractivity contribution in [3.05, 3.63) is 26.7 Å². The van der Waals surface area contributed by atoms with Gasteiger partial charge in [-0.15, -0.1) is 0 Å². The number of ether oxygens (including phenoxy) is 1. The largest absolute Gasteiger partial charge is 0.492 e. The van der Waals surface area contributed by atoms with Gasteiger partial charge in [-0.3, -0.25) is 14.3 Å². The fourth-order valence-electron chi connectivity index (χ4n) is 1.34. The highest BCUT2D eigenvalue weighted by Gasteiger charge is 2.17. The van der Waals surface area contributed by atoms with Crippen molar-refractivity contribution >= 4 is 0 Å². The molecule has 1 atom stereocenters. The van der Waals surface area contributed by atoms with E-state index in [9.17, 15) is 19.1 Å². The predicted octanol–water partition coefficient (Wildman–Crippen LogP) is -0.0212. The van der Waals surface area contributed by atoms with Gasteiger partial charge in [0.1, 0.15) is 0 Å². The van der Waals surface area contributed by atoms with Crippen LogP contribution in [0.1, 0.15) is 19.4 Å². The van der Waals surface area contributed by atoms with Crippen molar-refractivity contribution in [2.75, 3.05) is 13.7 Å². The topological polar surface area (TPSA) is 84.3 Å². The molecule has 16 heavy (non-hydrogen) atoms. The summed E-state index contributed by atoms with van der Waals surface area (Å²) in [5.41, 5.74) is -2.06. The Kier molecular flexibility index (Phi) is 3.83. The minimum atomic E-state index is -1.36. The summed E-state index contributed by atoms with van der Waals surface area (Å²) in [5, 5.41) is 9.36. The summed E-state index contributed by atoms with van der Waals surface area (Å²) < 4.78 is 18.7. The molecule has 0 spiro atoms. The first kappa shape index (κ1) is 12.4. The minimum absolute atomic E-state index is 0.355. The number of aromatic nitrogens is 2. The van der Waals surface area contributed by atoms with Crippen molar-refractivity contribution in [3.8, 4) is 5.88 Å². The van der Waals surface area contributed by atoms with Gasteiger partial charge in [-0.2, -0.15) is 4.39 Å². The Bertz CT molecular complexity index is 479. The second-order valence-corrected chi connectivity index (χ2v) is 3.40. The molecule has 0 aliphatic carbocycles. The van der Waals surface area contributed by atoms with Gasteiger partial charge in [-0.25, -0.2) is 4.79 Å². The standard InChI is InChI=1S/C9H13FN2O4/c1-5(3-4-16-2)12-8(14)6(10)7(13)11-9(12)15/h5,14H,3-4H2,1-2H3,(H,11,13,15). The van der Waals surface area contributed by atoms with Gasteiger partial charge in [0.15, 0.2) is 0 Å². The van der Waals surface area contributed by atoms with Gasteiger partial charge in [-0.05, 0) is 13.3 Å². The molecule has 0 saturated carbocycles. The lowest BCUT2D eigenvalue weighted by Gasteiger charge is -2.15. The Balaban J connectivity index is 3.18. The monoisotopic (exact) mass is 232 g/mol. The highest BCUT2D eigenvalue weighted by molar-refractivity contribution is 5.10. The number of nitrogens with one attached hydrogen (secondary N) is 1. The average Bonchev–Trinajstić information content (AvgIpc) is 2.23. The van der Waals surface area contributed by atoms with E-state index in [1.807, 2.05) is 0 Å². The lowest BCUT2D eigenvalue weighted by Crippen LogP contribution is -2.33. The maximum Gasteiger partial charge on any atom is 0.331 e. The van der Waals surface area contributed by atoms with Crippen molar-refractivity contribution in [2.45, 2.75) is 19.4 Å². The van der Waals surface area contributed by atoms with Crippen LogP contribution in [0.3, 0.4) is 0 Å². The molecule has 0 aliphatic heterocycles. The van der Waals surface area contributed by atoms with Crippen molar-refractivity contribution in [1.82, 2.24) is 9.55 Å². The van der Waals surface area contributed by atoms with Gasteiger partial charge in [0.25, 0.3) is 5.56 Å². The van der Waals surface area contributed by atoms with Gasteiger partial charge in [0.2, 0.25) is 11.7 Å². The fraction of sp³-hybridized carbons (Fsp3) is 0.556. The molecule has 0 saturated heterocycles. The van der Waals surface area contributed by atoms with Crippen molar-refractivity contribution in [1.29, 1.82) is 0 Å². The van der Waals surface area contributed by atoms with Crippen LogP contribution in [0.4, 0.5) is 4.39 Å². The van der Waals surface area contributed by atoms with E-state index in [0.29, 0.717) is 13.0 Å². The number of hydrogen-bond acceptors (Lipinski definition) is 4. The van der Waals surface area contributed by atoms with Crippen molar-refractivity contribution in [3.63, 3.8) is 0 Å². The van der Waals surface area contributed by atoms with E-state index in [1.165, 1.54) is 7.11 Å². The lowest BCUT2D eigenvalue weighted by molar-refractivity contribution is 0.177. The van der Waals surface area contributed by atoms with Crippen molar-refractivity contribution < 1.29 is 14.2 Å². The van der Waals surface area contributed by atoms with Crippen LogP contribution in [0.15, 0.2) is 9.59 Å². The molecule has 1 aromatic rings. The normalized spacial score (nSPS) is 12.7. The Morgan fingerprint density at radius 2 is 2.19 bits per heavy atom. The van der Waals surface area contributed by atoms with E-state index in [1.54, 1.807) is 11.9 Å². The number of aromatic amines is 1. The SMILES string of the molecule is COCCC(C)n1c(O)c(F)c(=O)[nH]c1=O. The molecule has 1 rings (SSSR count). The third-order valence-electron chi connectivity index (χ3n) is 2.24. The Morgan fingerprint density at radius 1 is 1.56 bits per heavy atom. The molecule has 7 heteroatoms. The highest BCUT2D eigenvalue weighted by Crippen LogP contribution is 2.16. The van der Waals surface area contributed by atoms with Crippen LogP contribution in [-0.2, 0) is 4.74 Å². The molecular formula is C9H13FN2O4. The maximum absolute atomic E-state index is 13.1. The number of methoxy groups -OCH3 is 1. The lowest BCUT2D eigenvalue weighted by atomic mass is 10.2. The zero-order valence-corrected chi connectivity index (χ0v) is 8.99. The molecule has 0 bridgehead atoms. The molecule has 1 unspecified atom stereocenters. The summed E-state index contributed by atoms with van der Waals surface area (Å²) in [6.07, 6.45) is 0.412. The molecule has 0 aromatic carbocycles. The summed E-state index contributed by atoms with van der Waals surface area (Å²) in [5.74, 6) is -2.30. The third-order valence-corrected chi connectivity index (χ3v) is 2.24. The average molecular weight is 232 g/mol. The summed E-state index contributed by atoms with van der Waals surface area (Å²) in [6, 6.07) is -0.473. The van der Waals surface area contributed by atoms with Crippen molar-refractivity contribution in [2.24, 2.45) is 0 Å². The van der Waals surface area contributed by atoms with Crippen LogP contribution < -0.4 is 11.2 Å². The smallest absolute Gasteiger partial charge is 0.331 e. The number of hydrogen-bond donors (Lipinski definition) is 2. The second kappa shape index (κ2) is 4.93. The van der Waals surface area contributed by atoms with Crippen LogP contribution in [-0.4, -0.2) is 28.4 Å². The Labute approximate surface area is 90.3 Å². The Morgan fingerprint density at radius 3 is 2.75 bits per heavy atom. The number of halogens is 1. The molecule has 0 radical (unpaired) electrons. The number of nitrogens with zero attached hydrogens (tertiary/aromatic N) is 1. The molecule has 2 N–H and O–H groups in total. The van der Waals surface area contributed by atoms with E-state index >= 15 is 0 Å². The summed E-state index contributed by atoms with van der Waals surface area (Å²) in [7, 11) is 1.49. The molecule has 1 heterocycles. The van der Waals surface area contributed by atoms with E-state index in [4.69, 9.17) is 4.74 Å². The number of rotatable bonds is 4. The quantitative estimate of drug-likeness (QED) is 0.764. The number of H-pyrrole nitrogens is 1. The predicted molar refractivity (Wildman–Crippen MR) is 54.1 cm³/mol. The maximum atomic E-state index is 13.1. The first-order valence-electron chi connectivity index (χ1n) is 4.71. The first-order chi connectivity index (χ1) is 7.49. The second-order valence-electron chi connectivity index (χ2n) is 3.40. The summed E-state index contributed by atoms with van der Waals surface area (Å²) in [6.45, 7) is 1.96. The molecule has 1 aromatic heterocycles. The van der Waals surface area contributed by atoms with Crippen LogP contribution in [0.25, 0.3) is 0 Å². The molecular weight excluding hydrogens is 219 g/mol. The van der Waals surface area contributed by atoms with Crippen LogP contribution in [0.2, 0.25) is 0 Å². The molecule has 0 fully saturated rings. The van der Waals surface area contributed by atoms with Gasteiger partial charge in [-0.1, -0.05) is 0 Å². The van der Waals surface area contributed by atoms with E-state index < -0.39 is 29.0 Å². The fourth-order valence-corrected chi connectivity index (χ4v) is 1.34. The van der Waals surface area contributed by atoms with Gasteiger partial charge in [0.05, 0.1) is 0 Å². The zero-order valence-electron chi connectivity index (χ0n) is 8.99. The van der Waals surface area contributed by atoms with E-state index in [-0.39, 0.29) is 0 Å². The third kappa shape index (κ3) is 2.30. The Hall–Kier alpha value is -1.63. The minimum Gasteiger partial charge on any atom is -0.492 e. The summed E-state index contributed by atoms with van der Waals surface area (Å²) in [4.78, 5) is 24.0. The molecule has 0 aliphatic rings. The summed E-state index contributed by atoms with van der Waals surface area (Å²) >= 11 is 0.